The summed E-state index contributed by atoms with van der Waals surface area (Å²) in [5.41, 5.74) is 0.851. The van der Waals surface area contributed by atoms with Crippen LogP contribution in [0.2, 0.25) is 5.02 Å². The Kier molecular flexibility index (Phi) is 4.57. The van der Waals surface area contributed by atoms with Crippen molar-refractivity contribution in [3.05, 3.63) is 67.4 Å². The average Bonchev–Trinajstić information content (AvgIpc) is 2.40. The fourth-order valence-corrected chi connectivity index (χ4v) is 2.05. The van der Waals surface area contributed by atoms with Crippen LogP contribution in [-0.4, -0.2) is 4.92 Å². The monoisotopic (exact) mass is 358 g/mol. The number of nitrogens with one attached hydrogen (secondary N) is 1. The van der Waals surface area contributed by atoms with E-state index in [-0.39, 0.29) is 0 Å². The normalized spacial score (nSPS) is 10.3. The lowest BCUT2D eigenvalue weighted by atomic mass is 10.2. The van der Waals surface area contributed by atoms with Crippen LogP contribution in [0.1, 0.15) is 5.56 Å². The number of anilines is 1. The van der Waals surface area contributed by atoms with Crippen LogP contribution in [0.15, 0.2) is 40.9 Å². The molecule has 7 heteroatoms. The van der Waals surface area contributed by atoms with Crippen LogP contribution in [0, 0.1) is 15.9 Å². The van der Waals surface area contributed by atoms with Crippen molar-refractivity contribution in [3.63, 3.8) is 0 Å². The molecule has 0 aliphatic heterocycles. The highest BCUT2D eigenvalue weighted by Gasteiger charge is 2.13. The predicted molar refractivity (Wildman–Crippen MR) is 79.5 cm³/mol. The molecule has 104 valence electrons. The standard InChI is InChI=1S/C13H9BrClFN2O2/c14-10-3-2-9(6-11(10)15)17-7-8-1-4-13(18(19)20)12(16)5-8/h1-6,17H,7H2. The van der Waals surface area contributed by atoms with Crippen LogP contribution in [0.3, 0.4) is 0 Å². The molecule has 0 unspecified atom stereocenters. The zero-order valence-corrected chi connectivity index (χ0v) is 12.4. The highest BCUT2D eigenvalue weighted by molar-refractivity contribution is 9.10. The quantitative estimate of drug-likeness (QED) is 0.632. The second-order valence-electron chi connectivity index (χ2n) is 4.03. The summed E-state index contributed by atoms with van der Waals surface area (Å²) in [6, 6.07) is 9.15. The first-order valence-electron chi connectivity index (χ1n) is 5.59. The Morgan fingerprint density at radius 3 is 2.65 bits per heavy atom. The van der Waals surface area contributed by atoms with Gasteiger partial charge in [0.25, 0.3) is 0 Å². The van der Waals surface area contributed by atoms with Crippen LogP contribution in [0.25, 0.3) is 0 Å². The van der Waals surface area contributed by atoms with Gasteiger partial charge in [-0.1, -0.05) is 17.7 Å². The van der Waals surface area contributed by atoms with Gasteiger partial charge in [-0.15, -0.1) is 0 Å². The van der Waals surface area contributed by atoms with Crippen molar-refractivity contribution in [1.82, 2.24) is 0 Å². The van der Waals surface area contributed by atoms with Gasteiger partial charge in [-0.3, -0.25) is 10.1 Å². The number of nitrogens with zero attached hydrogens (tertiary/aromatic N) is 1. The molecule has 20 heavy (non-hydrogen) atoms. The van der Waals surface area contributed by atoms with E-state index in [9.17, 15) is 14.5 Å². The molecule has 2 aromatic carbocycles. The molecule has 0 aromatic heterocycles. The number of nitro benzene ring substituents is 1. The second kappa shape index (κ2) is 6.19. The van der Waals surface area contributed by atoms with Crippen LogP contribution in [0.4, 0.5) is 15.8 Å². The maximum absolute atomic E-state index is 13.4. The van der Waals surface area contributed by atoms with Crippen molar-refractivity contribution in [2.75, 3.05) is 5.32 Å². The predicted octanol–water partition coefficient (Wildman–Crippen LogP) is 4.76. The first-order chi connectivity index (χ1) is 9.47. The van der Waals surface area contributed by atoms with Gasteiger partial charge in [-0.2, -0.15) is 4.39 Å². The number of hydrogen-bond donors (Lipinski definition) is 1. The minimum atomic E-state index is -0.844. The van der Waals surface area contributed by atoms with Crippen molar-refractivity contribution in [2.24, 2.45) is 0 Å². The number of benzene rings is 2. The van der Waals surface area contributed by atoms with E-state index in [4.69, 9.17) is 11.6 Å². The molecule has 0 saturated carbocycles. The molecule has 0 atom stereocenters. The molecule has 0 fully saturated rings. The second-order valence-corrected chi connectivity index (χ2v) is 5.29. The van der Waals surface area contributed by atoms with E-state index in [1.54, 1.807) is 12.1 Å². The van der Waals surface area contributed by atoms with E-state index in [2.05, 4.69) is 21.2 Å². The van der Waals surface area contributed by atoms with E-state index in [0.717, 1.165) is 22.3 Å². The van der Waals surface area contributed by atoms with Gasteiger partial charge in [-0.05, 0) is 45.8 Å². The maximum atomic E-state index is 13.4. The SMILES string of the molecule is O=[N+]([O-])c1ccc(CNc2ccc(Br)c(Cl)c2)cc1F. The van der Waals surface area contributed by atoms with Crippen molar-refractivity contribution >= 4 is 38.9 Å². The van der Waals surface area contributed by atoms with Gasteiger partial charge in [0.1, 0.15) is 0 Å². The molecular weight excluding hydrogens is 351 g/mol. The molecule has 0 aliphatic rings. The van der Waals surface area contributed by atoms with Crippen molar-refractivity contribution < 1.29 is 9.31 Å². The zero-order chi connectivity index (χ0) is 14.7. The summed E-state index contributed by atoms with van der Waals surface area (Å²) >= 11 is 9.24. The molecule has 2 rings (SSSR count). The Bertz CT molecular complexity index is 667. The van der Waals surface area contributed by atoms with E-state index >= 15 is 0 Å². The number of hydrogen-bond acceptors (Lipinski definition) is 3. The van der Waals surface area contributed by atoms with Crippen molar-refractivity contribution in [2.45, 2.75) is 6.54 Å². The number of rotatable bonds is 4. The van der Waals surface area contributed by atoms with Gasteiger partial charge in [0, 0.05) is 22.8 Å². The summed E-state index contributed by atoms with van der Waals surface area (Å²) in [6.07, 6.45) is 0. The zero-order valence-electron chi connectivity index (χ0n) is 10.1. The summed E-state index contributed by atoms with van der Waals surface area (Å²) in [7, 11) is 0. The lowest BCUT2D eigenvalue weighted by molar-refractivity contribution is -0.387. The van der Waals surface area contributed by atoms with Crippen molar-refractivity contribution in [1.29, 1.82) is 0 Å². The van der Waals surface area contributed by atoms with Crippen LogP contribution < -0.4 is 5.32 Å². The molecule has 0 aliphatic carbocycles. The summed E-state index contributed by atoms with van der Waals surface area (Å²) in [5, 5.41) is 14.1. The van der Waals surface area contributed by atoms with Gasteiger partial charge >= 0.3 is 5.69 Å². The smallest absolute Gasteiger partial charge is 0.304 e. The van der Waals surface area contributed by atoms with Gasteiger partial charge < -0.3 is 5.32 Å². The Morgan fingerprint density at radius 2 is 2.05 bits per heavy atom. The van der Waals surface area contributed by atoms with Crippen molar-refractivity contribution in [3.8, 4) is 0 Å². The Labute approximate surface area is 127 Å². The van der Waals surface area contributed by atoms with E-state index in [1.165, 1.54) is 6.07 Å². The van der Waals surface area contributed by atoms with Gasteiger partial charge in [0.2, 0.25) is 5.82 Å². The number of nitro groups is 1. The number of halogens is 3. The van der Waals surface area contributed by atoms with Crippen LogP contribution in [0.5, 0.6) is 0 Å². The molecule has 0 heterocycles. The fraction of sp³-hybridized carbons (Fsp3) is 0.0769. The third-order valence-corrected chi connectivity index (χ3v) is 3.86. The summed E-state index contributed by atoms with van der Waals surface area (Å²) in [4.78, 5) is 9.76. The topological polar surface area (TPSA) is 55.2 Å². The van der Waals surface area contributed by atoms with Gasteiger partial charge in [0.15, 0.2) is 0 Å². The maximum Gasteiger partial charge on any atom is 0.304 e. The lowest BCUT2D eigenvalue weighted by Crippen LogP contribution is -2.01. The molecule has 4 nitrogen and oxygen atoms in total. The van der Waals surface area contributed by atoms with Gasteiger partial charge in [0.05, 0.1) is 9.95 Å². The molecule has 0 saturated heterocycles. The summed E-state index contributed by atoms with van der Waals surface area (Å²) in [5.74, 6) is -0.844. The molecule has 0 spiro atoms. The highest BCUT2D eigenvalue weighted by Crippen LogP contribution is 2.26. The first-order valence-corrected chi connectivity index (χ1v) is 6.76. The molecule has 2 aromatic rings. The molecule has 1 N–H and O–H groups in total. The highest BCUT2D eigenvalue weighted by atomic mass is 79.9. The summed E-state index contributed by atoms with van der Waals surface area (Å²) in [6.45, 7) is 0.340. The Morgan fingerprint density at radius 1 is 1.30 bits per heavy atom. The third kappa shape index (κ3) is 3.46. The van der Waals surface area contributed by atoms with E-state index < -0.39 is 16.4 Å². The molecule has 0 radical (unpaired) electrons. The third-order valence-electron chi connectivity index (χ3n) is 2.63. The molecule has 0 bridgehead atoms. The van der Waals surface area contributed by atoms with Crippen LogP contribution in [-0.2, 0) is 6.54 Å². The summed E-state index contributed by atoms with van der Waals surface area (Å²) < 4.78 is 14.2. The van der Waals surface area contributed by atoms with E-state index in [1.807, 2.05) is 6.07 Å². The van der Waals surface area contributed by atoms with Crippen LogP contribution >= 0.6 is 27.5 Å². The fourth-order valence-electron chi connectivity index (χ4n) is 1.62. The minimum absolute atomic E-state index is 0.340. The largest absolute Gasteiger partial charge is 0.381 e. The van der Waals surface area contributed by atoms with E-state index in [0.29, 0.717) is 17.1 Å². The minimum Gasteiger partial charge on any atom is -0.381 e. The van der Waals surface area contributed by atoms with Gasteiger partial charge in [-0.25, -0.2) is 0 Å². The average molecular weight is 360 g/mol. The molecular formula is C13H9BrClFN2O2. The molecule has 0 amide bonds. The first kappa shape index (κ1) is 14.7. The Balaban J connectivity index is 2.09. The Hall–Kier alpha value is -1.66. The lowest BCUT2D eigenvalue weighted by Gasteiger charge is -2.08.